The number of alkyl carbamates (subject to hydrolysis) is 1. The van der Waals surface area contributed by atoms with Gasteiger partial charge in [0.15, 0.2) is 0 Å². The lowest BCUT2D eigenvalue weighted by Crippen LogP contribution is -2.27. The number of halogens is 1. The van der Waals surface area contributed by atoms with Crippen molar-refractivity contribution in [1.29, 1.82) is 0 Å². The second-order valence-electron chi connectivity index (χ2n) is 5.54. The van der Waals surface area contributed by atoms with Crippen LogP contribution < -0.4 is 10.1 Å². The van der Waals surface area contributed by atoms with Gasteiger partial charge >= 0.3 is 6.09 Å². The third-order valence-corrected chi connectivity index (χ3v) is 4.04. The Morgan fingerprint density at radius 2 is 2.00 bits per heavy atom. The molecule has 2 rings (SSSR count). The van der Waals surface area contributed by atoms with Crippen LogP contribution in [-0.2, 0) is 11.3 Å². The Hall–Kier alpha value is -2.05. The number of nitrogens with one attached hydrogen (secondary N) is 1. The van der Waals surface area contributed by atoms with Gasteiger partial charge in [-0.15, -0.1) is 0 Å². The molecule has 6 heteroatoms. The molecule has 0 saturated carbocycles. The van der Waals surface area contributed by atoms with Gasteiger partial charge in [-0.3, -0.25) is 0 Å². The standard InChI is InChI=1S/C19H22BrNO4/c1-14(21-19(23)25-13-15-6-3-2-4-7-15)17-9-8-16(20)12-18(17)24-11-5-10-22/h2-4,6-9,12,14,22H,5,10-11,13H2,1H3,(H,21,23). The molecule has 0 aromatic heterocycles. The van der Waals surface area contributed by atoms with Crippen molar-refractivity contribution in [2.24, 2.45) is 0 Å². The van der Waals surface area contributed by atoms with Crippen LogP contribution >= 0.6 is 15.9 Å². The monoisotopic (exact) mass is 407 g/mol. The molecule has 25 heavy (non-hydrogen) atoms. The third-order valence-electron chi connectivity index (χ3n) is 3.55. The number of hydrogen-bond acceptors (Lipinski definition) is 4. The average Bonchev–Trinajstić information content (AvgIpc) is 2.61. The van der Waals surface area contributed by atoms with Crippen LogP contribution in [0.15, 0.2) is 53.0 Å². The van der Waals surface area contributed by atoms with Gasteiger partial charge in [-0.25, -0.2) is 4.79 Å². The average molecular weight is 408 g/mol. The summed E-state index contributed by atoms with van der Waals surface area (Å²) in [5.41, 5.74) is 1.78. The normalized spacial score (nSPS) is 11.6. The molecule has 0 saturated heterocycles. The molecule has 2 N–H and O–H groups in total. The van der Waals surface area contributed by atoms with Crippen LogP contribution in [0.1, 0.15) is 30.5 Å². The summed E-state index contributed by atoms with van der Waals surface area (Å²) in [6, 6.07) is 14.9. The first-order valence-electron chi connectivity index (χ1n) is 8.10. The minimum Gasteiger partial charge on any atom is -0.493 e. The number of aliphatic hydroxyl groups excluding tert-OH is 1. The highest BCUT2D eigenvalue weighted by atomic mass is 79.9. The number of amides is 1. The second kappa shape index (κ2) is 10.1. The minimum atomic E-state index is -0.486. The molecule has 134 valence electrons. The van der Waals surface area contributed by atoms with E-state index < -0.39 is 6.09 Å². The number of ether oxygens (including phenoxy) is 2. The highest BCUT2D eigenvalue weighted by molar-refractivity contribution is 9.10. The summed E-state index contributed by atoms with van der Waals surface area (Å²) in [6.07, 6.45) is 0.0629. The van der Waals surface area contributed by atoms with E-state index in [1.54, 1.807) is 0 Å². The molecular weight excluding hydrogens is 386 g/mol. The summed E-state index contributed by atoms with van der Waals surface area (Å²) in [5, 5.41) is 11.7. The molecule has 0 bridgehead atoms. The molecule has 5 nitrogen and oxygen atoms in total. The number of rotatable bonds is 8. The minimum absolute atomic E-state index is 0.0724. The van der Waals surface area contributed by atoms with Crippen LogP contribution in [0, 0.1) is 0 Å². The lowest BCUT2D eigenvalue weighted by Gasteiger charge is -2.18. The largest absolute Gasteiger partial charge is 0.493 e. The van der Waals surface area contributed by atoms with E-state index in [4.69, 9.17) is 14.6 Å². The fraction of sp³-hybridized carbons (Fsp3) is 0.316. The van der Waals surface area contributed by atoms with E-state index in [1.165, 1.54) is 0 Å². The van der Waals surface area contributed by atoms with Crippen molar-refractivity contribution in [1.82, 2.24) is 5.32 Å². The summed E-state index contributed by atoms with van der Waals surface area (Å²) in [6.45, 7) is 2.57. The van der Waals surface area contributed by atoms with Gasteiger partial charge in [-0.05, 0) is 24.6 Å². The predicted octanol–water partition coefficient (Wildman–Crippen LogP) is 4.20. The lowest BCUT2D eigenvalue weighted by atomic mass is 10.1. The Balaban J connectivity index is 1.94. The second-order valence-corrected chi connectivity index (χ2v) is 6.45. The zero-order chi connectivity index (χ0) is 18.1. The molecule has 0 aliphatic rings. The number of carbonyl (C=O) groups is 1. The first kappa shape index (κ1) is 19.3. The predicted molar refractivity (Wildman–Crippen MR) is 99.5 cm³/mol. The smallest absolute Gasteiger partial charge is 0.407 e. The molecule has 1 atom stereocenters. The molecule has 1 unspecified atom stereocenters. The maximum Gasteiger partial charge on any atom is 0.407 e. The lowest BCUT2D eigenvalue weighted by molar-refractivity contribution is 0.136. The molecule has 0 aliphatic heterocycles. The van der Waals surface area contributed by atoms with Crippen molar-refractivity contribution in [3.8, 4) is 5.75 Å². The van der Waals surface area contributed by atoms with E-state index in [-0.39, 0.29) is 19.3 Å². The Labute approximate surface area is 156 Å². The number of aliphatic hydroxyl groups is 1. The molecule has 0 heterocycles. The van der Waals surface area contributed by atoms with Gasteiger partial charge in [0.1, 0.15) is 12.4 Å². The van der Waals surface area contributed by atoms with E-state index in [0.29, 0.717) is 18.8 Å². The molecule has 0 spiro atoms. The van der Waals surface area contributed by atoms with Gasteiger partial charge in [-0.2, -0.15) is 0 Å². The summed E-state index contributed by atoms with van der Waals surface area (Å²) < 4.78 is 11.8. The fourth-order valence-electron chi connectivity index (χ4n) is 2.26. The SMILES string of the molecule is CC(NC(=O)OCc1ccccc1)c1ccc(Br)cc1OCCCO. The summed E-state index contributed by atoms with van der Waals surface area (Å²) in [7, 11) is 0. The topological polar surface area (TPSA) is 67.8 Å². The van der Waals surface area contributed by atoms with Crippen molar-refractivity contribution in [3.05, 3.63) is 64.1 Å². The number of carbonyl (C=O) groups excluding carboxylic acids is 1. The van der Waals surface area contributed by atoms with Crippen LogP contribution in [0.5, 0.6) is 5.75 Å². The zero-order valence-corrected chi connectivity index (χ0v) is 15.7. The third kappa shape index (κ3) is 6.40. The Morgan fingerprint density at radius 3 is 2.72 bits per heavy atom. The highest BCUT2D eigenvalue weighted by Gasteiger charge is 2.15. The maximum absolute atomic E-state index is 12.0. The van der Waals surface area contributed by atoms with Crippen molar-refractivity contribution >= 4 is 22.0 Å². The molecule has 2 aromatic rings. The van der Waals surface area contributed by atoms with E-state index >= 15 is 0 Å². The van der Waals surface area contributed by atoms with Crippen molar-refractivity contribution in [3.63, 3.8) is 0 Å². The van der Waals surface area contributed by atoms with E-state index in [9.17, 15) is 4.79 Å². The first-order chi connectivity index (χ1) is 12.1. The Morgan fingerprint density at radius 1 is 1.24 bits per heavy atom. The van der Waals surface area contributed by atoms with E-state index in [1.807, 2.05) is 55.5 Å². The van der Waals surface area contributed by atoms with E-state index in [0.717, 1.165) is 15.6 Å². The fourth-order valence-corrected chi connectivity index (χ4v) is 2.60. The van der Waals surface area contributed by atoms with Crippen LogP contribution in [0.2, 0.25) is 0 Å². The van der Waals surface area contributed by atoms with Crippen molar-refractivity contribution in [2.75, 3.05) is 13.2 Å². The van der Waals surface area contributed by atoms with Crippen LogP contribution in [0.25, 0.3) is 0 Å². The Bertz CT molecular complexity index is 678. The van der Waals surface area contributed by atoms with Gasteiger partial charge in [0.05, 0.1) is 12.6 Å². The molecule has 0 radical (unpaired) electrons. The van der Waals surface area contributed by atoms with Gasteiger partial charge < -0.3 is 19.9 Å². The molecule has 1 amide bonds. The molecule has 0 fully saturated rings. The zero-order valence-electron chi connectivity index (χ0n) is 14.1. The molecule has 2 aromatic carbocycles. The van der Waals surface area contributed by atoms with Crippen molar-refractivity contribution < 1.29 is 19.4 Å². The summed E-state index contributed by atoms with van der Waals surface area (Å²) in [4.78, 5) is 12.0. The highest BCUT2D eigenvalue weighted by Crippen LogP contribution is 2.29. The van der Waals surface area contributed by atoms with Crippen LogP contribution in [0.4, 0.5) is 4.79 Å². The summed E-state index contributed by atoms with van der Waals surface area (Å²) >= 11 is 3.41. The molecule has 0 aliphatic carbocycles. The van der Waals surface area contributed by atoms with Crippen molar-refractivity contribution in [2.45, 2.75) is 26.0 Å². The molecular formula is C19H22BrNO4. The quantitative estimate of drug-likeness (QED) is 0.643. The number of hydrogen-bond donors (Lipinski definition) is 2. The first-order valence-corrected chi connectivity index (χ1v) is 8.89. The maximum atomic E-state index is 12.0. The van der Waals surface area contributed by atoms with Crippen LogP contribution in [-0.4, -0.2) is 24.4 Å². The van der Waals surface area contributed by atoms with Gasteiger partial charge in [-0.1, -0.05) is 52.3 Å². The summed E-state index contributed by atoms with van der Waals surface area (Å²) in [5.74, 6) is 0.665. The Kier molecular flexibility index (Phi) is 7.76. The number of benzene rings is 2. The van der Waals surface area contributed by atoms with Gasteiger partial charge in [0, 0.05) is 23.1 Å². The van der Waals surface area contributed by atoms with Gasteiger partial charge in [0.25, 0.3) is 0 Å². The van der Waals surface area contributed by atoms with Gasteiger partial charge in [0.2, 0.25) is 0 Å². The van der Waals surface area contributed by atoms with E-state index in [2.05, 4.69) is 21.2 Å². The van der Waals surface area contributed by atoms with Crippen LogP contribution in [0.3, 0.4) is 0 Å².